The maximum Gasteiger partial charge on any atom is 0.225 e. The molecule has 1 amide bonds. The van der Waals surface area contributed by atoms with Crippen molar-refractivity contribution in [3.63, 3.8) is 0 Å². The Morgan fingerprint density at radius 3 is 2.83 bits per heavy atom. The van der Waals surface area contributed by atoms with E-state index in [4.69, 9.17) is 4.52 Å². The van der Waals surface area contributed by atoms with Gasteiger partial charge in [0.2, 0.25) is 11.9 Å². The van der Waals surface area contributed by atoms with E-state index in [1.54, 1.807) is 6.20 Å². The van der Waals surface area contributed by atoms with Gasteiger partial charge in [-0.2, -0.15) is 0 Å². The monoisotopic (exact) mass is 315 g/mol. The summed E-state index contributed by atoms with van der Waals surface area (Å²) in [5.74, 6) is 1.37. The molecule has 0 radical (unpaired) electrons. The van der Waals surface area contributed by atoms with E-state index < -0.39 is 0 Å². The Morgan fingerprint density at radius 1 is 1.35 bits per heavy atom. The number of hydrogen-bond acceptors (Lipinski definition) is 6. The second kappa shape index (κ2) is 6.76. The zero-order valence-corrected chi connectivity index (χ0v) is 13.5. The molecule has 0 unspecified atom stereocenters. The van der Waals surface area contributed by atoms with Gasteiger partial charge in [-0.05, 0) is 32.8 Å². The molecule has 0 bridgehead atoms. The lowest BCUT2D eigenvalue weighted by atomic mass is 10.1. The highest BCUT2D eigenvalue weighted by molar-refractivity contribution is 5.78. The van der Waals surface area contributed by atoms with Crippen molar-refractivity contribution in [1.29, 1.82) is 0 Å². The van der Waals surface area contributed by atoms with Gasteiger partial charge in [-0.15, -0.1) is 0 Å². The average molecular weight is 315 g/mol. The third kappa shape index (κ3) is 3.67. The molecule has 7 heteroatoms. The van der Waals surface area contributed by atoms with E-state index in [0.29, 0.717) is 12.3 Å². The quantitative estimate of drug-likeness (QED) is 0.901. The lowest BCUT2D eigenvalue weighted by Gasteiger charge is -2.15. The summed E-state index contributed by atoms with van der Waals surface area (Å²) in [4.78, 5) is 23.1. The fourth-order valence-electron chi connectivity index (χ4n) is 2.72. The molecule has 1 saturated heterocycles. The summed E-state index contributed by atoms with van der Waals surface area (Å²) in [7, 11) is 0. The Bertz CT molecular complexity index is 672. The first-order valence-corrected chi connectivity index (χ1v) is 7.89. The highest BCUT2D eigenvalue weighted by Crippen LogP contribution is 2.15. The minimum absolute atomic E-state index is 0.0688. The van der Waals surface area contributed by atoms with Gasteiger partial charge in [-0.1, -0.05) is 5.16 Å². The first-order valence-electron chi connectivity index (χ1n) is 7.89. The molecule has 0 atom stereocenters. The van der Waals surface area contributed by atoms with Crippen LogP contribution in [0.5, 0.6) is 0 Å². The van der Waals surface area contributed by atoms with E-state index >= 15 is 0 Å². The van der Waals surface area contributed by atoms with Crippen LogP contribution in [0.3, 0.4) is 0 Å². The van der Waals surface area contributed by atoms with Crippen LogP contribution in [0.25, 0.3) is 0 Å². The van der Waals surface area contributed by atoms with Gasteiger partial charge in [0.1, 0.15) is 5.76 Å². The minimum Gasteiger partial charge on any atom is -0.361 e. The van der Waals surface area contributed by atoms with Crippen molar-refractivity contribution in [3.8, 4) is 0 Å². The number of anilines is 1. The van der Waals surface area contributed by atoms with E-state index in [9.17, 15) is 4.79 Å². The molecule has 0 aliphatic carbocycles. The number of amides is 1. The van der Waals surface area contributed by atoms with Crippen molar-refractivity contribution in [3.05, 3.63) is 35.0 Å². The number of aromatic nitrogens is 3. The molecular formula is C16H21N5O2. The van der Waals surface area contributed by atoms with Crippen LogP contribution in [-0.2, 0) is 17.8 Å². The Labute approximate surface area is 135 Å². The molecule has 122 valence electrons. The van der Waals surface area contributed by atoms with Crippen LogP contribution >= 0.6 is 0 Å². The van der Waals surface area contributed by atoms with Gasteiger partial charge in [-0.25, -0.2) is 9.97 Å². The van der Waals surface area contributed by atoms with Gasteiger partial charge >= 0.3 is 0 Å². The predicted molar refractivity (Wildman–Crippen MR) is 85.0 cm³/mol. The van der Waals surface area contributed by atoms with Gasteiger partial charge in [0.25, 0.3) is 0 Å². The molecule has 1 aliphatic heterocycles. The number of hydrogen-bond donors (Lipinski definition) is 1. The third-order valence-electron chi connectivity index (χ3n) is 4.07. The molecule has 2 aromatic rings. The normalized spacial score (nSPS) is 14.3. The second-order valence-electron chi connectivity index (χ2n) is 5.80. The zero-order valence-electron chi connectivity index (χ0n) is 13.5. The topological polar surface area (TPSA) is 84.2 Å². The van der Waals surface area contributed by atoms with Gasteiger partial charge in [0, 0.05) is 24.8 Å². The molecule has 0 spiro atoms. The molecule has 1 N–H and O–H groups in total. The van der Waals surface area contributed by atoms with E-state index in [1.165, 1.54) is 12.8 Å². The van der Waals surface area contributed by atoms with Gasteiger partial charge in [-0.3, -0.25) is 4.79 Å². The lowest BCUT2D eigenvalue weighted by Crippen LogP contribution is -2.26. The number of carbonyl (C=O) groups excluding carboxylic acids is 1. The molecule has 7 nitrogen and oxygen atoms in total. The van der Waals surface area contributed by atoms with E-state index in [0.717, 1.165) is 36.0 Å². The van der Waals surface area contributed by atoms with E-state index in [1.807, 2.05) is 19.9 Å². The molecule has 3 rings (SSSR count). The summed E-state index contributed by atoms with van der Waals surface area (Å²) in [5.41, 5.74) is 2.42. The number of rotatable bonds is 5. The van der Waals surface area contributed by atoms with Crippen molar-refractivity contribution < 1.29 is 9.32 Å². The highest BCUT2D eigenvalue weighted by Gasteiger charge is 2.16. The van der Waals surface area contributed by atoms with E-state index in [-0.39, 0.29) is 12.3 Å². The molecule has 2 aromatic heterocycles. The maximum atomic E-state index is 12.1. The first-order chi connectivity index (χ1) is 11.1. The van der Waals surface area contributed by atoms with Crippen LogP contribution in [0.2, 0.25) is 0 Å². The summed E-state index contributed by atoms with van der Waals surface area (Å²) in [5, 5.41) is 6.75. The summed E-state index contributed by atoms with van der Waals surface area (Å²) in [6, 6.07) is 1.83. The van der Waals surface area contributed by atoms with Gasteiger partial charge in [0.15, 0.2) is 0 Å². The van der Waals surface area contributed by atoms with Gasteiger partial charge in [0.05, 0.1) is 24.4 Å². The summed E-state index contributed by atoms with van der Waals surface area (Å²) in [6.45, 7) is 6.05. The maximum absolute atomic E-state index is 12.1. The van der Waals surface area contributed by atoms with Crippen molar-refractivity contribution in [2.75, 3.05) is 18.0 Å². The minimum atomic E-state index is -0.0688. The van der Waals surface area contributed by atoms with Crippen LogP contribution in [0.15, 0.2) is 16.8 Å². The SMILES string of the molecule is Cc1noc(C)c1CC(=O)NCc1ccnc(N2CCCC2)n1. The number of nitrogens with zero attached hydrogens (tertiary/aromatic N) is 4. The third-order valence-corrected chi connectivity index (χ3v) is 4.07. The zero-order chi connectivity index (χ0) is 16.2. The molecular weight excluding hydrogens is 294 g/mol. The molecule has 3 heterocycles. The van der Waals surface area contributed by atoms with Gasteiger partial charge < -0.3 is 14.7 Å². The Balaban J connectivity index is 1.57. The molecule has 1 fully saturated rings. The van der Waals surface area contributed by atoms with E-state index in [2.05, 4.69) is 25.3 Å². The van der Waals surface area contributed by atoms with Crippen molar-refractivity contribution >= 4 is 11.9 Å². The smallest absolute Gasteiger partial charge is 0.225 e. The first kappa shape index (κ1) is 15.5. The van der Waals surface area contributed by atoms with Crippen LogP contribution in [0.1, 0.15) is 35.6 Å². The van der Waals surface area contributed by atoms with Crippen LogP contribution < -0.4 is 10.2 Å². The van der Waals surface area contributed by atoms with Crippen molar-refractivity contribution in [2.24, 2.45) is 0 Å². The summed E-state index contributed by atoms with van der Waals surface area (Å²) >= 11 is 0. The Morgan fingerprint density at radius 2 is 2.13 bits per heavy atom. The molecule has 23 heavy (non-hydrogen) atoms. The standard InChI is InChI=1S/C16H21N5O2/c1-11-14(12(2)23-20-11)9-15(22)18-10-13-5-6-17-16(19-13)21-7-3-4-8-21/h5-6H,3-4,7-10H2,1-2H3,(H,18,22). The van der Waals surface area contributed by atoms with Crippen LogP contribution in [-0.4, -0.2) is 34.1 Å². The Hall–Kier alpha value is -2.44. The van der Waals surface area contributed by atoms with Crippen molar-refractivity contribution in [2.45, 2.75) is 39.7 Å². The van der Waals surface area contributed by atoms with Crippen molar-refractivity contribution in [1.82, 2.24) is 20.4 Å². The number of nitrogens with one attached hydrogen (secondary N) is 1. The number of carbonyl (C=O) groups is 1. The summed E-state index contributed by atoms with van der Waals surface area (Å²) < 4.78 is 5.08. The number of aryl methyl sites for hydroxylation is 2. The molecule has 1 aliphatic rings. The summed E-state index contributed by atoms with van der Waals surface area (Å²) in [6.07, 6.45) is 4.38. The average Bonchev–Trinajstić information content (AvgIpc) is 3.19. The fourth-order valence-corrected chi connectivity index (χ4v) is 2.72. The highest BCUT2D eigenvalue weighted by atomic mass is 16.5. The fraction of sp³-hybridized carbons (Fsp3) is 0.500. The molecule has 0 saturated carbocycles. The van der Waals surface area contributed by atoms with Crippen LogP contribution in [0.4, 0.5) is 5.95 Å². The lowest BCUT2D eigenvalue weighted by molar-refractivity contribution is -0.120. The second-order valence-corrected chi connectivity index (χ2v) is 5.80. The Kier molecular flexibility index (Phi) is 4.55. The molecule has 0 aromatic carbocycles. The predicted octanol–water partition coefficient (Wildman–Crippen LogP) is 1.54. The largest absolute Gasteiger partial charge is 0.361 e. The van der Waals surface area contributed by atoms with Crippen LogP contribution in [0, 0.1) is 13.8 Å².